The zero-order valence-corrected chi connectivity index (χ0v) is 11.1. The van der Waals surface area contributed by atoms with Gasteiger partial charge in [-0.15, -0.1) is 0 Å². The summed E-state index contributed by atoms with van der Waals surface area (Å²) < 4.78 is 15.9. The van der Waals surface area contributed by atoms with E-state index in [1.54, 1.807) is 7.11 Å². The highest BCUT2D eigenvalue weighted by Crippen LogP contribution is 2.15. The Labute approximate surface area is 105 Å². The third-order valence-corrected chi connectivity index (χ3v) is 3.14. The van der Waals surface area contributed by atoms with Crippen LogP contribution in [-0.2, 0) is 14.2 Å². The third-order valence-electron chi connectivity index (χ3n) is 3.14. The fourth-order valence-electron chi connectivity index (χ4n) is 2.03. The maximum Gasteiger partial charge on any atom is 0.0700 e. The molecule has 4 heteroatoms. The maximum atomic E-state index is 5.61. The average Bonchev–Trinajstić information content (AvgIpc) is 2.38. The van der Waals surface area contributed by atoms with Gasteiger partial charge >= 0.3 is 0 Å². The molecule has 0 aliphatic carbocycles. The molecule has 1 fully saturated rings. The van der Waals surface area contributed by atoms with Crippen molar-refractivity contribution in [2.75, 3.05) is 53.2 Å². The van der Waals surface area contributed by atoms with Gasteiger partial charge in [-0.05, 0) is 44.7 Å². The first-order valence-corrected chi connectivity index (χ1v) is 6.78. The van der Waals surface area contributed by atoms with Gasteiger partial charge in [0, 0.05) is 26.9 Å². The molecule has 0 aromatic carbocycles. The average molecular weight is 245 g/mol. The molecule has 0 unspecified atom stereocenters. The molecule has 1 aliphatic heterocycles. The van der Waals surface area contributed by atoms with E-state index in [-0.39, 0.29) is 0 Å². The van der Waals surface area contributed by atoms with Crippen LogP contribution in [0.2, 0.25) is 0 Å². The second-order valence-electron chi connectivity index (χ2n) is 4.55. The van der Waals surface area contributed by atoms with E-state index < -0.39 is 0 Å². The second kappa shape index (κ2) is 11.0. The molecule has 1 heterocycles. The van der Waals surface area contributed by atoms with Crippen LogP contribution in [0, 0.1) is 5.92 Å². The lowest BCUT2D eigenvalue weighted by molar-refractivity contribution is 0.0486. The highest BCUT2D eigenvalue weighted by atomic mass is 16.5. The summed E-state index contributed by atoms with van der Waals surface area (Å²) in [5, 5.41) is 3.38. The van der Waals surface area contributed by atoms with Crippen molar-refractivity contribution in [1.82, 2.24) is 5.32 Å². The molecule has 1 N–H and O–H groups in total. The van der Waals surface area contributed by atoms with Crippen LogP contribution in [0.3, 0.4) is 0 Å². The monoisotopic (exact) mass is 245 g/mol. The van der Waals surface area contributed by atoms with Crippen molar-refractivity contribution in [3.8, 4) is 0 Å². The second-order valence-corrected chi connectivity index (χ2v) is 4.55. The van der Waals surface area contributed by atoms with Gasteiger partial charge in [-0.1, -0.05) is 0 Å². The summed E-state index contributed by atoms with van der Waals surface area (Å²) in [6.45, 7) is 6.22. The predicted octanol–water partition coefficient (Wildman–Crippen LogP) is 1.45. The van der Waals surface area contributed by atoms with Crippen LogP contribution >= 0.6 is 0 Å². The Hall–Kier alpha value is -0.160. The molecule has 4 nitrogen and oxygen atoms in total. The molecule has 0 aromatic heterocycles. The van der Waals surface area contributed by atoms with Gasteiger partial charge in [0.2, 0.25) is 0 Å². The van der Waals surface area contributed by atoms with Crippen molar-refractivity contribution in [1.29, 1.82) is 0 Å². The van der Waals surface area contributed by atoms with E-state index in [9.17, 15) is 0 Å². The van der Waals surface area contributed by atoms with Crippen molar-refractivity contribution in [3.05, 3.63) is 0 Å². The topological polar surface area (TPSA) is 39.7 Å². The number of rotatable bonds is 10. The molecule has 0 spiro atoms. The third kappa shape index (κ3) is 8.55. The first-order chi connectivity index (χ1) is 8.43. The normalized spacial score (nSPS) is 17.5. The van der Waals surface area contributed by atoms with E-state index in [2.05, 4.69) is 5.32 Å². The highest BCUT2D eigenvalue weighted by molar-refractivity contribution is 4.67. The van der Waals surface area contributed by atoms with E-state index in [4.69, 9.17) is 14.2 Å². The molecule has 0 amide bonds. The number of ether oxygens (including phenoxy) is 3. The van der Waals surface area contributed by atoms with Gasteiger partial charge in [0.05, 0.1) is 13.2 Å². The zero-order valence-electron chi connectivity index (χ0n) is 11.1. The molecule has 0 bridgehead atoms. The van der Waals surface area contributed by atoms with E-state index in [1.807, 2.05) is 0 Å². The Morgan fingerprint density at radius 1 is 0.941 bits per heavy atom. The number of methoxy groups -OCH3 is 1. The number of nitrogens with one attached hydrogen (secondary N) is 1. The van der Waals surface area contributed by atoms with E-state index in [0.29, 0.717) is 13.2 Å². The van der Waals surface area contributed by atoms with Gasteiger partial charge in [-0.2, -0.15) is 0 Å². The van der Waals surface area contributed by atoms with Crippen molar-refractivity contribution in [3.63, 3.8) is 0 Å². The summed E-state index contributed by atoms with van der Waals surface area (Å²) in [6, 6.07) is 0. The van der Waals surface area contributed by atoms with Gasteiger partial charge < -0.3 is 19.5 Å². The summed E-state index contributed by atoms with van der Waals surface area (Å²) >= 11 is 0. The molecule has 1 aliphatic rings. The Morgan fingerprint density at radius 2 is 1.65 bits per heavy atom. The zero-order chi connectivity index (χ0) is 12.2. The van der Waals surface area contributed by atoms with Crippen LogP contribution in [0.15, 0.2) is 0 Å². The lowest BCUT2D eigenvalue weighted by Gasteiger charge is -2.22. The first-order valence-electron chi connectivity index (χ1n) is 6.78. The molecule has 102 valence electrons. The minimum Gasteiger partial charge on any atom is -0.382 e. The number of piperidine rings is 1. The lowest BCUT2D eigenvalue weighted by atomic mass is 9.95. The van der Waals surface area contributed by atoms with E-state index in [1.165, 1.54) is 32.4 Å². The van der Waals surface area contributed by atoms with Gasteiger partial charge in [0.1, 0.15) is 0 Å². The van der Waals surface area contributed by atoms with Gasteiger partial charge in [-0.3, -0.25) is 0 Å². The van der Waals surface area contributed by atoms with Crippen LogP contribution in [0.5, 0.6) is 0 Å². The van der Waals surface area contributed by atoms with Crippen LogP contribution in [0.4, 0.5) is 0 Å². The fourth-order valence-corrected chi connectivity index (χ4v) is 2.03. The Bertz CT molecular complexity index is 161. The van der Waals surface area contributed by atoms with Crippen molar-refractivity contribution < 1.29 is 14.2 Å². The van der Waals surface area contributed by atoms with Gasteiger partial charge in [-0.25, -0.2) is 0 Å². The fraction of sp³-hybridized carbons (Fsp3) is 1.00. The largest absolute Gasteiger partial charge is 0.382 e. The molecule has 1 rings (SSSR count). The molecule has 1 saturated heterocycles. The van der Waals surface area contributed by atoms with Crippen molar-refractivity contribution in [2.24, 2.45) is 5.92 Å². The summed E-state index contributed by atoms with van der Waals surface area (Å²) in [5.41, 5.74) is 0. The molecule has 0 atom stereocenters. The smallest absolute Gasteiger partial charge is 0.0700 e. The minimum absolute atomic E-state index is 0.677. The molecule has 0 saturated carbocycles. The number of hydrogen-bond donors (Lipinski definition) is 1. The maximum absolute atomic E-state index is 5.61. The van der Waals surface area contributed by atoms with Gasteiger partial charge in [0.15, 0.2) is 0 Å². The molecule has 0 aromatic rings. The quantitative estimate of drug-likeness (QED) is 0.591. The minimum atomic E-state index is 0.677. The first kappa shape index (κ1) is 14.9. The van der Waals surface area contributed by atoms with E-state index in [0.717, 1.165) is 32.2 Å². The Morgan fingerprint density at radius 3 is 2.35 bits per heavy atom. The SMILES string of the molecule is COCCOCCCOCCC1CCNCC1. The van der Waals surface area contributed by atoms with Crippen LogP contribution < -0.4 is 5.32 Å². The Balaban J connectivity index is 1.75. The summed E-state index contributed by atoms with van der Waals surface area (Å²) in [5.74, 6) is 0.870. The van der Waals surface area contributed by atoms with Crippen LogP contribution in [0.1, 0.15) is 25.7 Å². The summed E-state index contributed by atoms with van der Waals surface area (Å²) in [6.07, 6.45) is 4.81. The number of hydrogen-bond acceptors (Lipinski definition) is 4. The standard InChI is InChI=1S/C13H27NO3/c1-15-11-12-17-9-2-8-16-10-5-13-3-6-14-7-4-13/h13-14H,2-12H2,1H3. The van der Waals surface area contributed by atoms with Crippen LogP contribution in [-0.4, -0.2) is 53.2 Å². The molecular weight excluding hydrogens is 218 g/mol. The Kier molecular flexibility index (Phi) is 9.61. The predicted molar refractivity (Wildman–Crippen MR) is 68.3 cm³/mol. The molecule has 17 heavy (non-hydrogen) atoms. The molecule has 0 radical (unpaired) electrons. The van der Waals surface area contributed by atoms with Crippen LogP contribution in [0.25, 0.3) is 0 Å². The van der Waals surface area contributed by atoms with Crippen molar-refractivity contribution in [2.45, 2.75) is 25.7 Å². The van der Waals surface area contributed by atoms with E-state index >= 15 is 0 Å². The summed E-state index contributed by atoms with van der Waals surface area (Å²) in [7, 11) is 1.69. The van der Waals surface area contributed by atoms with Gasteiger partial charge in [0.25, 0.3) is 0 Å². The van der Waals surface area contributed by atoms with Crippen molar-refractivity contribution >= 4 is 0 Å². The molecular formula is C13H27NO3. The highest BCUT2D eigenvalue weighted by Gasteiger charge is 2.11. The lowest BCUT2D eigenvalue weighted by Crippen LogP contribution is -2.28. The summed E-state index contributed by atoms with van der Waals surface area (Å²) in [4.78, 5) is 0.